The minimum absolute atomic E-state index is 0.0742. The van der Waals surface area contributed by atoms with Gasteiger partial charge in [-0.3, -0.25) is 0 Å². The van der Waals surface area contributed by atoms with Crippen LogP contribution in [0.25, 0.3) is 0 Å². The van der Waals surface area contributed by atoms with Crippen molar-refractivity contribution >= 4 is 0 Å². The van der Waals surface area contributed by atoms with Gasteiger partial charge in [0, 0.05) is 6.04 Å². The standard InChI is InChI=1S/C25H30N2/c1-19-16-20(2)18-21(17-19)10-9-15-27-25(23-13-7-4-8-14-23)24(26)22-11-5-3-6-12-22/h3-8,11-14,16-18,24-25,27H,9-10,15,26H2,1-2H3. The van der Waals surface area contributed by atoms with Crippen molar-refractivity contribution in [1.82, 2.24) is 5.32 Å². The summed E-state index contributed by atoms with van der Waals surface area (Å²) in [5.41, 5.74) is 13.1. The summed E-state index contributed by atoms with van der Waals surface area (Å²) in [6.07, 6.45) is 2.17. The van der Waals surface area contributed by atoms with Crippen LogP contribution in [0.5, 0.6) is 0 Å². The fourth-order valence-corrected chi connectivity index (χ4v) is 3.74. The predicted octanol–water partition coefficient (Wildman–Crippen LogP) is 5.27. The van der Waals surface area contributed by atoms with Crippen LogP contribution in [0, 0.1) is 13.8 Å². The molecule has 2 unspecified atom stereocenters. The van der Waals surface area contributed by atoms with Crippen LogP contribution >= 0.6 is 0 Å². The highest BCUT2D eigenvalue weighted by Gasteiger charge is 2.20. The van der Waals surface area contributed by atoms with Crippen LogP contribution < -0.4 is 11.1 Å². The average molecular weight is 359 g/mol. The smallest absolute Gasteiger partial charge is 0.0516 e. The number of hydrogen-bond acceptors (Lipinski definition) is 2. The molecule has 3 aromatic rings. The van der Waals surface area contributed by atoms with E-state index in [1.54, 1.807) is 0 Å². The Morgan fingerprint density at radius 1 is 0.778 bits per heavy atom. The van der Waals surface area contributed by atoms with Crippen LogP contribution in [0.1, 0.15) is 46.3 Å². The van der Waals surface area contributed by atoms with Gasteiger partial charge in [0.1, 0.15) is 0 Å². The van der Waals surface area contributed by atoms with E-state index in [4.69, 9.17) is 5.73 Å². The third-order valence-electron chi connectivity index (χ3n) is 4.99. The molecular weight excluding hydrogens is 328 g/mol. The summed E-state index contributed by atoms with van der Waals surface area (Å²) in [5, 5.41) is 3.71. The molecule has 0 aromatic heterocycles. The normalized spacial score (nSPS) is 13.3. The second-order valence-electron chi connectivity index (χ2n) is 7.38. The fourth-order valence-electron chi connectivity index (χ4n) is 3.74. The summed E-state index contributed by atoms with van der Waals surface area (Å²) in [5.74, 6) is 0. The van der Waals surface area contributed by atoms with Gasteiger partial charge in [0.05, 0.1) is 6.04 Å². The van der Waals surface area contributed by atoms with Crippen molar-refractivity contribution in [3.63, 3.8) is 0 Å². The molecular formula is C25H30N2. The Hall–Kier alpha value is -2.42. The Balaban J connectivity index is 1.65. The molecule has 0 aliphatic carbocycles. The second-order valence-corrected chi connectivity index (χ2v) is 7.38. The van der Waals surface area contributed by atoms with Gasteiger partial charge >= 0.3 is 0 Å². The summed E-state index contributed by atoms with van der Waals surface area (Å²) in [4.78, 5) is 0. The lowest BCUT2D eigenvalue weighted by molar-refractivity contribution is 0.449. The van der Waals surface area contributed by atoms with Gasteiger partial charge < -0.3 is 11.1 Å². The second kappa shape index (κ2) is 9.50. The molecule has 0 saturated heterocycles. The monoisotopic (exact) mass is 358 g/mol. The van der Waals surface area contributed by atoms with Crippen LogP contribution in [0.3, 0.4) is 0 Å². The molecule has 0 saturated carbocycles. The van der Waals surface area contributed by atoms with E-state index in [0.717, 1.165) is 24.9 Å². The van der Waals surface area contributed by atoms with Crippen molar-refractivity contribution in [2.75, 3.05) is 6.54 Å². The van der Waals surface area contributed by atoms with Gasteiger partial charge in [-0.25, -0.2) is 0 Å². The molecule has 0 aliphatic heterocycles. The molecule has 140 valence electrons. The van der Waals surface area contributed by atoms with E-state index in [1.165, 1.54) is 22.3 Å². The minimum atomic E-state index is -0.0742. The molecule has 0 aliphatic rings. The molecule has 2 heteroatoms. The van der Waals surface area contributed by atoms with Crippen molar-refractivity contribution in [2.45, 2.75) is 38.8 Å². The van der Waals surface area contributed by atoms with Crippen molar-refractivity contribution in [3.8, 4) is 0 Å². The molecule has 0 bridgehead atoms. The molecule has 0 fully saturated rings. The van der Waals surface area contributed by atoms with Gasteiger partial charge in [0.15, 0.2) is 0 Å². The van der Waals surface area contributed by atoms with E-state index in [9.17, 15) is 0 Å². The maximum Gasteiger partial charge on any atom is 0.0516 e. The van der Waals surface area contributed by atoms with Crippen LogP contribution in [0.4, 0.5) is 0 Å². The first-order chi connectivity index (χ1) is 13.1. The van der Waals surface area contributed by atoms with E-state index in [-0.39, 0.29) is 12.1 Å². The van der Waals surface area contributed by atoms with Crippen LogP contribution in [-0.2, 0) is 6.42 Å². The van der Waals surface area contributed by atoms with E-state index < -0.39 is 0 Å². The van der Waals surface area contributed by atoms with Crippen molar-refractivity contribution in [2.24, 2.45) is 5.73 Å². The van der Waals surface area contributed by atoms with Crippen molar-refractivity contribution in [1.29, 1.82) is 0 Å². The number of nitrogens with two attached hydrogens (primary N) is 1. The molecule has 2 atom stereocenters. The Labute approximate surface area is 163 Å². The quantitative estimate of drug-likeness (QED) is 0.539. The first kappa shape index (κ1) is 19.3. The summed E-state index contributed by atoms with van der Waals surface area (Å²) in [7, 11) is 0. The Bertz CT molecular complexity index is 807. The average Bonchev–Trinajstić information content (AvgIpc) is 2.68. The molecule has 0 heterocycles. The maximum atomic E-state index is 6.64. The summed E-state index contributed by atoms with van der Waals surface area (Å²) in [6, 6.07) is 27.7. The largest absolute Gasteiger partial charge is 0.322 e. The molecule has 0 radical (unpaired) electrons. The zero-order valence-electron chi connectivity index (χ0n) is 16.4. The topological polar surface area (TPSA) is 38.0 Å². The van der Waals surface area contributed by atoms with Crippen molar-refractivity contribution in [3.05, 3.63) is 107 Å². The van der Waals surface area contributed by atoms with Gasteiger partial charge in [-0.05, 0) is 49.9 Å². The van der Waals surface area contributed by atoms with Gasteiger partial charge in [-0.1, -0.05) is 90.0 Å². The Kier molecular flexibility index (Phi) is 6.80. The first-order valence-electron chi connectivity index (χ1n) is 9.79. The van der Waals surface area contributed by atoms with E-state index in [1.807, 2.05) is 6.07 Å². The Morgan fingerprint density at radius 2 is 1.33 bits per heavy atom. The number of aryl methyl sites for hydroxylation is 3. The van der Waals surface area contributed by atoms with Gasteiger partial charge in [0.25, 0.3) is 0 Å². The van der Waals surface area contributed by atoms with E-state index in [2.05, 4.69) is 92.0 Å². The zero-order valence-corrected chi connectivity index (χ0v) is 16.4. The van der Waals surface area contributed by atoms with Gasteiger partial charge in [-0.15, -0.1) is 0 Å². The van der Waals surface area contributed by atoms with E-state index in [0.29, 0.717) is 0 Å². The lowest BCUT2D eigenvalue weighted by atomic mass is 9.94. The molecule has 0 amide bonds. The molecule has 27 heavy (non-hydrogen) atoms. The number of hydrogen-bond donors (Lipinski definition) is 2. The fraction of sp³-hybridized carbons (Fsp3) is 0.280. The summed E-state index contributed by atoms with van der Waals surface area (Å²) >= 11 is 0. The first-order valence-corrected chi connectivity index (χ1v) is 9.79. The number of benzene rings is 3. The molecule has 3 N–H and O–H groups in total. The third kappa shape index (κ3) is 5.53. The lowest BCUT2D eigenvalue weighted by Gasteiger charge is -2.26. The van der Waals surface area contributed by atoms with Crippen molar-refractivity contribution < 1.29 is 0 Å². The molecule has 0 spiro atoms. The summed E-state index contributed by atoms with van der Waals surface area (Å²) < 4.78 is 0. The van der Waals surface area contributed by atoms with Gasteiger partial charge in [-0.2, -0.15) is 0 Å². The zero-order chi connectivity index (χ0) is 19.1. The number of rotatable bonds is 8. The van der Waals surface area contributed by atoms with Gasteiger partial charge in [0.2, 0.25) is 0 Å². The third-order valence-corrected chi connectivity index (χ3v) is 4.99. The van der Waals surface area contributed by atoms with Crippen LogP contribution in [0.2, 0.25) is 0 Å². The highest BCUT2D eigenvalue weighted by Crippen LogP contribution is 2.26. The Morgan fingerprint density at radius 3 is 1.93 bits per heavy atom. The molecule has 3 rings (SSSR count). The maximum absolute atomic E-state index is 6.64. The number of nitrogens with one attached hydrogen (secondary N) is 1. The van der Waals surface area contributed by atoms with Crippen LogP contribution in [0.15, 0.2) is 78.9 Å². The lowest BCUT2D eigenvalue weighted by Crippen LogP contribution is -2.32. The minimum Gasteiger partial charge on any atom is -0.322 e. The highest BCUT2D eigenvalue weighted by molar-refractivity contribution is 5.29. The summed E-state index contributed by atoms with van der Waals surface area (Å²) in [6.45, 7) is 5.27. The predicted molar refractivity (Wildman–Crippen MR) is 115 cm³/mol. The molecule has 3 aromatic carbocycles. The van der Waals surface area contributed by atoms with E-state index >= 15 is 0 Å². The highest BCUT2D eigenvalue weighted by atomic mass is 14.9. The SMILES string of the molecule is Cc1cc(C)cc(CCCNC(c2ccccc2)C(N)c2ccccc2)c1. The van der Waals surface area contributed by atoms with Crippen LogP contribution in [-0.4, -0.2) is 6.54 Å². The molecule has 2 nitrogen and oxygen atoms in total.